The molecule has 0 atom stereocenters. The minimum atomic E-state index is -0.645. The van der Waals surface area contributed by atoms with E-state index in [2.05, 4.69) is 26.2 Å². The quantitative estimate of drug-likeness (QED) is 0.882. The molecule has 2 aromatic rings. The van der Waals surface area contributed by atoms with E-state index < -0.39 is 5.95 Å². The van der Waals surface area contributed by atoms with E-state index in [9.17, 15) is 9.18 Å². The average Bonchev–Trinajstić information content (AvgIpc) is 2.38. The summed E-state index contributed by atoms with van der Waals surface area (Å²) in [6.07, 6.45) is 0. The number of rotatable bonds is 3. The highest BCUT2D eigenvalue weighted by molar-refractivity contribution is 9.10. The van der Waals surface area contributed by atoms with Gasteiger partial charge in [-0.25, -0.2) is 4.98 Å². The van der Waals surface area contributed by atoms with Crippen LogP contribution < -0.4 is 10.1 Å². The summed E-state index contributed by atoms with van der Waals surface area (Å²) in [6.45, 7) is 0. The third kappa shape index (κ3) is 3.29. The molecule has 0 spiro atoms. The van der Waals surface area contributed by atoms with Crippen LogP contribution in [0.4, 0.5) is 10.2 Å². The highest BCUT2D eigenvalue weighted by Gasteiger charge is 2.10. The van der Waals surface area contributed by atoms with Crippen molar-refractivity contribution >= 4 is 27.7 Å². The molecule has 0 unspecified atom stereocenters. The zero-order valence-electron chi connectivity index (χ0n) is 9.98. The van der Waals surface area contributed by atoms with Crippen LogP contribution in [-0.4, -0.2) is 18.0 Å². The number of hydrogen-bond donors (Lipinski definition) is 1. The van der Waals surface area contributed by atoms with Crippen molar-refractivity contribution in [3.63, 3.8) is 0 Å². The van der Waals surface area contributed by atoms with Crippen LogP contribution in [0.2, 0.25) is 0 Å². The van der Waals surface area contributed by atoms with Gasteiger partial charge in [0.25, 0.3) is 5.91 Å². The molecule has 0 saturated carbocycles. The summed E-state index contributed by atoms with van der Waals surface area (Å²) >= 11 is 3.29. The van der Waals surface area contributed by atoms with Gasteiger partial charge in [-0.05, 0) is 46.3 Å². The molecule has 6 heteroatoms. The fourth-order valence-electron chi connectivity index (χ4n) is 1.47. The van der Waals surface area contributed by atoms with E-state index in [1.807, 2.05) is 0 Å². The standard InChI is InChI=1S/C13H10BrFN2O2/c1-19-10-6-5-8(7-9(10)14)13(18)17-12-4-2-3-11(15)16-12/h2-7H,1H3,(H,16,17,18). The van der Waals surface area contributed by atoms with E-state index >= 15 is 0 Å². The van der Waals surface area contributed by atoms with Crippen molar-refractivity contribution in [1.29, 1.82) is 0 Å². The second-order valence-corrected chi connectivity index (χ2v) is 4.50. The second kappa shape index (κ2) is 5.79. The van der Waals surface area contributed by atoms with Crippen molar-refractivity contribution < 1.29 is 13.9 Å². The number of pyridine rings is 1. The highest BCUT2D eigenvalue weighted by atomic mass is 79.9. The summed E-state index contributed by atoms with van der Waals surface area (Å²) in [4.78, 5) is 15.5. The Morgan fingerprint density at radius 2 is 2.16 bits per heavy atom. The maximum absolute atomic E-state index is 12.9. The maximum atomic E-state index is 12.9. The van der Waals surface area contributed by atoms with Gasteiger partial charge in [-0.15, -0.1) is 0 Å². The van der Waals surface area contributed by atoms with Crippen LogP contribution in [0.25, 0.3) is 0 Å². The number of carbonyl (C=O) groups is 1. The fraction of sp³-hybridized carbons (Fsp3) is 0.0769. The molecule has 1 heterocycles. The lowest BCUT2D eigenvalue weighted by molar-refractivity contribution is 0.102. The molecule has 1 amide bonds. The lowest BCUT2D eigenvalue weighted by Gasteiger charge is -2.07. The van der Waals surface area contributed by atoms with Crippen molar-refractivity contribution in [3.05, 3.63) is 52.4 Å². The first-order valence-corrected chi connectivity index (χ1v) is 6.17. The van der Waals surface area contributed by atoms with Gasteiger partial charge in [0.1, 0.15) is 11.6 Å². The Hall–Kier alpha value is -1.95. The van der Waals surface area contributed by atoms with Crippen molar-refractivity contribution in [2.75, 3.05) is 12.4 Å². The third-order valence-corrected chi connectivity index (χ3v) is 2.99. The molecule has 2 rings (SSSR count). The number of benzene rings is 1. The maximum Gasteiger partial charge on any atom is 0.256 e. The fourth-order valence-corrected chi connectivity index (χ4v) is 2.01. The Bertz CT molecular complexity index is 619. The predicted octanol–water partition coefficient (Wildman–Crippen LogP) is 3.24. The third-order valence-electron chi connectivity index (χ3n) is 2.37. The molecule has 1 N–H and O–H groups in total. The van der Waals surface area contributed by atoms with Crippen molar-refractivity contribution in [3.8, 4) is 5.75 Å². The number of anilines is 1. The van der Waals surface area contributed by atoms with Gasteiger partial charge in [-0.2, -0.15) is 4.39 Å². The normalized spacial score (nSPS) is 10.1. The number of methoxy groups -OCH3 is 1. The molecule has 98 valence electrons. The largest absolute Gasteiger partial charge is 0.496 e. The van der Waals surface area contributed by atoms with Gasteiger partial charge in [0.05, 0.1) is 11.6 Å². The molecule has 0 saturated heterocycles. The minimum Gasteiger partial charge on any atom is -0.496 e. The molecule has 1 aromatic heterocycles. The summed E-state index contributed by atoms with van der Waals surface area (Å²) in [5.74, 6) is -0.229. The molecule has 19 heavy (non-hydrogen) atoms. The summed E-state index contributed by atoms with van der Waals surface area (Å²) < 4.78 is 18.6. The first kappa shape index (κ1) is 13.5. The molecule has 4 nitrogen and oxygen atoms in total. The van der Waals surface area contributed by atoms with Crippen LogP contribution in [0.5, 0.6) is 5.75 Å². The van der Waals surface area contributed by atoms with Crippen molar-refractivity contribution in [2.24, 2.45) is 0 Å². The van der Waals surface area contributed by atoms with Gasteiger partial charge in [-0.1, -0.05) is 6.07 Å². The molecule has 0 aliphatic carbocycles. The van der Waals surface area contributed by atoms with Crippen molar-refractivity contribution in [2.45, 2.75) is 0 Å². The zero-order chi connectivity index (χ0) is 13.8. The van der Waals surface area contributed by atoms with Crippen LogP contribution in [0.3, 0.4) is 0 Å². The molecule has 0 fully saturated rings. The van der Waals surface area contributed by atoms with E-state index in [4.69, 9.17) is 4.74 Å². The van der Waals surface area contributed by atoms with E-state index in [0.29, 0.717) is 15.8 Å². The Morgan fingerprint density at radius 1 is 1.37 bits per heavy atom. The molecule has 1 aromatic carbocycles. The molecule has 0 aliphatic rings. The number of carbonyl (C=O) groups excluding carboxylic acids is 1. The Kier molecular flexibility index (Phi) is 4.11. The van der Waals surface area contributed by atoms with Crippen molar-refractivity contribution in [1.82, 2.24) is 4.98 Å². The Morgan fingerprint density at radius 3 is 2.79 bits per heavy atom. The lowest BCUT2D eigenvalue weighted by atomic mass is 10.2. The van der Waals surface area contributed by atoms with Crippen LogP contribution in [-0.2, 0) is 0 Å². The monoisotopic (exact) mass is 324 g/mol. The molecule has 0 aliphatic heterocycles. The van der Waals surface area contributed by atoms with E-state index in [1.54, 1.807) is 18.2 Å². The van der Waals surface area contributed by atoms with Gasteiger partial charge in [0.2, 0.25) is 5.95 Å². The Balaban J connectivity index is 2.18. The summed E-state index contributed by atoms with van der Waals surface area (Å²) in [6, 6.07) is 9.09. The number of aromatic nitrogens is 1. The van der Waals surface area contributed by atoms with Crippen LogP contribution in [0.15, 0.2) is 40.9 Å². The van der Waals surface area contributed by atoms with Crippen LogP contribution in [0, 0.1) is 5.95 Å². The van der Waals surface area contributed by atoms with E-state index in [-0.39, 0.29) is 11.7 Å². The van der Waals surface area contributed by atoms with E-state index in [1.165, 1.54) is 25.3 Å². The SMILES string of the molecule is COc1ccc(C(=O)Nc2cccc(F)n2)cc1Br. The highest BCUT2D eigenvalue weighted by Crippen LogP contribution is 2.25. The van der Waals surface area contributed by atoms with Gasteiger partial charge >= 0.3 is 0 Å². The zero-order valence-corrected chi connectivity index (χ0v) is 11.6. The van der Waals surface area contributed by atoms with Crippen LogP contribution in [0.1, 0.15) is 10.4 Å². The molecular formula is C13H10BrFN2O2. The number of nitrogens with zero attached hydrogens (tertiary/aromatic N) is 1. The first-order chi connectivity index (χ1) is 9.10. The number of amides is 1. The van der Waals surface area contributed by atoms with E-state index in [0.717, 1.165) is 0 Å². The Labute approximate surface area is 117 Å². The van der Waals surface area contributed by atoms with Gasteiger partial charge in [-0.3, -0.25) is 4.79 Å². The second-order valence-electron chi connectivity index (χ2n) is 3.65. The van der Waals surface area contributed by atoms with Gasteiger partial charge in [0.15, 0.2) is 0 Å². The number of nitrogens with one attached hydrogen (secondary N) is 1. The number of halogens is 2. The summed E-state index contributed by atoms with van der Waals surface area (Å²) in [5.41, 5.74) is 0.415. The number of hydrogen-bond acceptors (Lipinski definition) is 3. The summed E-state index contributed by atoms with van der Waals surface area (Å²) in [7, 11) is 1.54. The summed E-state index contributed by atoms with van der Waals surface area (Å²) in [5, 5.41) is 2.51. The molecule has 0 radical (unpaired) electrons. The predicted molar refractivity (Wildman–Crippen MR) is 72.8 cm³/mol. The van der Waals surface area contributed by atoms with Crippen LogP contribution >= 0.6 is 15.9 Å². The lowest BCUT2D eigenvalue weighted by Crippen LogP contribution is -2.13. The first-order valence-electron chi connectivity index (χ1n) is 5.37. The van der Waals surface area contributed by atoms with Gasteiger partial charge in [0, 0.05) is 5.56 Å². The average molecular weight is 325 g/mol. The smallest absolute Gasteiger partial charge is 0.256 e. The van der Waals surface area contributed by atoms with Gasteiger partial charge < -0.3 is 10.1 Å². The minimum absolute atomic E-state index is 0.164. The number of ether oxygens (including phenoxy) is 1. The molecule has 0 bridgehead atoms. The molecular weight excluding hydrogens is 315 g/mol. The topological polar surface area (TPSA) is 51.2 Å².